The summed E-state index contributed by atoms with van der Waals surface area (Å²) >= 11 is 5.90. The third-order valence-electron chi connectivity index (χ3n) is 2.82. The minimum Gasteiger partial charge on any atom is -0.456 e. The molecule has 0 amide bonds. The average Bonchev–Trinajstić information content (AvgIpc) is 2.37. The fourth-order valence-electron chi connectivity index (χ4n) is 1.95. The molecule has 21 heavy (non-hydrogen) atoms. The van der Waals surface area contributed by atoms with E-state index >= 15 is 0 Å². The van der Waals surface area contributed by atoms with Crippen molar-refractivity contribution in [1.82, 2.24) is 0 Å². The summed E-state index contributed by atoms with van der Waals surface area (Å²) in [6.45, 7) is 9.49. The van der Waals surface area contributed by atoms with Crippen molar-refractivity contribution in [2.75, 3.05) is 13.2 Å². The topological polar surface area (TPSA) is 35.5 Å². The van der Waals surface area contributed by atoms with Gasteiger partial charge in [-0.2, -0.15) is 0 Å². The molecule has 0 aliphatic carbocycles. The van der Waals surface area contributed by atoms with Gasteiger partial charge in [0.05, 0.1) is 12.2 Å². The van der Waals surface area contributed by atoms with E-state index in [4.69, 9.17) is 21.1 Å². The number of hydrogen-bond donors (Lipinski definition) is 0. The van der Waals surface area contributed by atoms with Gasteiger partial charge in [-0.15, -0.1) is 0 Å². The molecule has 0 saturated heterocycles. The summed E-state index contributed by atoms with van der Waals surface area (Å²) < 4.78 is 11.2. The first-order chi connectivity index (χ1) is 9.88. The predicted octanol–water partition coefficient (Wildman–Crippen LogP) is 4.58. The summed E-state index contributed by atoms with van der Waals surface area (Å²) in [5, 5.41) is 0.529. The Bertz CT molecular complexity index is 443. The average molecular weight is 313 g/mol. The second-order valence-electron chi connectivity index (χ2n) is 6.10. The van der Waals surface area contributed by atoms with Gasteiger partial charge >= 0.3 is 5.97 Å². The number of rotatable bonds is 8. The van der Waals surface area contributed by atoms with Crippen LogP contribution >= 0.6 is 11.6 Å². The fourth-order valence-corrected chi connectivity index (χ4v) is 2.14. The molecule has 0 aliphatic rings. The van der Waals surface area contributed by atoms with Crippen LogP contribution in [0.5, 0.6) is 0 Å². The highest BCUT2D eigenvalue weighted by Gasteiger charge is 2.18. The lowest BCUT2D eigenvalue weighted by atomic mass is 10.1. The van der Waals surface area contributed by atoms with Crippen LogP contribution in [0.1, 0.15) is 44.5 Å². The summed E-state index contributed by atoms with van der Waals surface area (Å²) in [5.41, 5.74) is 0.472. The Morgan fingerprint density at radius 3 is 2.43 bits per heavy atom. The van der Waals surface area contributed by atoms with Gasteiger partial charge in [-0.05, 0) is 36.5 Å². The molecule has 4 heteroatoms. The van der Waals surface area contributed by atoms with Crippen molar-refractivity contribution in [2.45, 2.75) is 40.2 Å². The van der Waals surface area contributed by atoms with Gasteiger partial charge in [0.1, 0.15) is 6.10 Å². The molecule has 3 nitrogen and oxygen atoms in total. The second-order valence-corrected chi connectivity index (χ2v) is 6.53. The summed E-state index contributed by atoms with van der Waals surface area (Å²) in [5.74, 6) is 0.550. The maximum absolute atomic E-state index is 12.1. The van der Waals surface area contributed by atoms with E-state index in [0.717, 1.165) is 6.42 Å². The molecule has 0 heterocycles. The maximum Gasteiger partial charge on any atom is 0.338 e. The summed E-state index contributed by atoms with van der Waals surface area (Å²) in [6, 6.07) is 6.79. The third-order valence-corrected chi connectivity index (χ3v) is 3.06. The van der Waals surface area contributed by atoms with Crippen molar-refractivity contribution >= 4 is 17.6 Å². The third kappa shape index (κ3) is 7.49. The van der Waals surface area contributed by atoms with Crippen LogP contribution in [0.2, 0.25) is 5.02 Å². The van der Waals surface area contributed by atoms with E-state index in [9.17, 15) is 4.79 Å². The van der Waals surface area contributed by atoms with Gasteiger partial charge in [0.25, 0.3) is 0 Å². The molecule has 0 bridgehead atoms. The molecule has 0 N–H and O–H groups in total. The Hall–Kier alpha value is -1.06. The van der Waals surface area contributed by atoms with Gasteiger partial charge < -0.3 is 9.47 Å². The minimum absolute atomic E-state index is 0.227. The maximum atomic E-state index is 12.1. The van der Waals surface area contributed by atoms with Crippen LogP contribution in [0, 0.1) is 11.8 Å². The lowest BCUT2D eigenvalue weighted by Crippen LogP contribution is -2.26. The van der Waals surface area contributed by atoms with Crippen LogP contribution in [0.3, 0.4) is 0 Å². The zero-order valence-corrected chi connectivity index (χ0v) is 14.0. The molecular formula is C17H25ClO3. The van der Waals surface area contributed by atoms with Crippen LogP contribution < -0.4 is 0 Å². The Labute approximate surface area is 132 Å². The molecule has 1 rings (SSSR count). The van der Waals surface area contributed by atoms with Crippen molar-refractivity contribution in [3.8, 4) is 0 Å². The molecule has 0 aromatic heterocycles. The number of hydrogen-bond acceptors (Lipinski definition) is 3. The van der Waals surface area contributed by atoms with E-state index in [1.54, 1.807) is 24.3 Å². The van der Waals surface area contributed by atoms with Gasteiger partial charge in [-0.25, -0.2) is 4.79 Å². The molecule has 0 radical (unpaired) electrons. The highest BCUT2D eigenvalue weighted by Crippen LogP contribution is 2.15. The zero-order chi connectivity index (χ0) is 15.8. The van der Waals surface area contributed by atoms with Crippen LogP contribution in [-0.2, 0) is 9.47 Å². The lowest BCUT2D eigenvalue weighted by Gasteiger charge is -2.20. The molecule has 118 valence electrons. The van der Waals surface area contributed by atoms with E-state index in [-0.39, 0.29) is 12.1 Å². The van der Waals surface area contributed by atoms with E-state index in [2.05, 4.69) is 27.7 Å². The molecule has 0 fully saturated rings. The zero-order valence-electron chi connectivity index (χ0n) is 13.3. The highest BCUT2D eigenvalue weighted by atomic mass is 35.5. The summed E-state index contributed by atoms with van der Waals surface area (Å²) in [6.07, 6.45) is 0.556. The van der Waals surface area contributed by atoms with Crippen molar-refractivity contribution in [1.29, 1.82) is 0 Å². The van der Waals surface area contributed by atoms with Gasteiger partial charge in [0.2, 0.25) is 0 Å². The smallest absolute Gasteiger partial charge is 0.338 e. The van der Waals surface area contributed by atoms with Gasteiger partial charge in [-0.3, -0.25) is 0 Å². The fraction of sp³-hybridized carbons (Fsp3) is 0.588. The predicted molar refractivity (Wildman–Crippen MR) is 85.8 cm³/mol. The Balaban J connectivity index is 2.60. The van der Waals surface area contributed by atoms with Crippen LogP contribution in [-0.4, -0.2) is 25.3 Å². The highest BCUT2D eigenvalue weighted by molar-refractivity contribution is 6.30. The molecule has 1 aromatic carbocycles. The molecule has 1 atom stereocenters. The number of esters is 1. The quantitative estimate of drug-likeness (QED) is 0.659. The van der Waals surface area contributed by atoms with Gasteiger partial charge in [-0.1, -0.05) is 45.4 Å². The Morgan fingerprint density at radius 1 is 1.14 bits per heavy atom. The molecule has 1 unspecified atom stereocenters. The Morgan fingerprint density at radius 2 is 1.86 bits per heavy atom. The van der Waals surface area contributed by atoms with Crippen molar-refractivity contribution in [3.05, 3.63) is 34.9 Å². The second kappa shape index (κ2) is 9.06. The normalized spacial score (nSPS) is 12.7. The van der Waals surface area contributed by atoms with Crippen LogP contribution in [0.25, 0.3) is 0 Å². The SMILES string of the molecule is CC(C)COCC(CC(C)C)OC(=O)c1cccc(Cl)c1. The van der Waals surface area contributed by atoms with E-state index in [0.29, 0.717) is 35.6 Å². The summed E-state index contributed by atoms with van der Waals surface area (Å²) in [4.78, 5) is 12.1. The van der Waals surface area contributed by atoms with Crippen molar-refractivity contribution in [3.63, 3.8) is 0 Å². The number of carbonyl (C=O) groups is 1. The van der Waals surface area contributed by atoms with Gasteiger partial charge in [0.15, 0.2) is 0 Å². The molecule has 0 saturated carbocycles. The van der Waals surface area contributed by atoms with Crippen molar-refractivity contribution < 1.29 is 14.3 Å². The number of halogens is 1. The molecule has 1 aromatic rings. The first kappa shape index (κ1) is 18.0. The minimum atomic E-state index is -0.351. The lowest BCUT2D eigenvalue weighted by molar-refractivity contribution is -0.0153. The van der Waals surface area contributed by atoms with E-state index in [1.807, 2.05) is 0 Å². The van der Waals surface area contributed by atoms with Crippen molar-refractivity contribution in [2.24, 2.45) is 11.8 Å². The first-order valence-corrected chi connectivity index (χ1v) is 7.80. The first-order valence-electron chi connectivity index (χ1n) is 7.42. The van der Waals surface area contributed by atoms with E-state index in [1.165, 1.54) is 0 Å². The van der Waals surface area contributed by atoms with Crippen LogP contribution in [0.15, 0.2) is 24.3 Å². The monoisotopic (exact) mass is 312 g/mol. The number of benzene rings is 1. The number of carbonyl (C=O) groups excluding carboxylic acids is 1. The molecule has 0 spiro atoms. The standard InChI is InChI=1S/C17H25ClO3/c1-12(2)8-16(11-20-10-13(3)4)21-17(19)14-6-5-7-15(18)9-14/h5-7,9,12-13,16H,8,10-11H2,1-4H3. The van der Waals surface area contributed by atoms with E-state index < -0.39 is 0 Å². The van der Waals surface area contributed by atoms with Gasteiger partial charge in [0, 0.05) is 11.6 Å². The van der Waals surface area contributed by atoms with Crippen LogP contribution in [0.4, 0.5) is 0 Å². The Kier molecular flexibility index (Phi) is 7.76. The molecular weight excluding hydrogens is 288 g/mol. The number of ether oxygens (including phenoxy) is 2. The largest absolute Gasteiger partial charge is 0.456 e. The summed E-state index contributed by atoms with van der Waals surface area (Å²) in [7, 11) is 0. The molecule has 0 aliphatic heterocycles.